The topological polar surface area (TPSA) is 46.6 Å². The Kier molecular flexibility index (Phi) is 6.37. The number of ether oxygens (including phenoxy) is 1. The van der Waals surface area contributed by atoms with Crippen molar-refractivity contribution in [3.05, 3.63) is 40.7 Å². The zero-order valence-electron chi connectivity index (χ0n) is 12.1. The SMILES string of the molecule is COC(=O)C(C)CN(C)C(=O)C=Cc1c(F)cccc1Cl. The van der Waals surface area contributed by atoms with Crippen LogP contribution in [0.4, 0.5) is 4.39 Å². The van der Waals surface area contributed by atoms with Crippen molar-refractivity contribution in [3.8, 4) is 0 Å². The summed E-state index contributed by atoms with van der Waals surface area (Å²) in [4.78, 5) is 24.6. The van der Waals surface area contributed by atoms with Gasteiger partial charge in [0.1, 0.15) is 5.82 Å². The number of rotatable bonds is 5. The summed E-state index contributed by atoms with van der Waals surface area (Å²) in [7, 11) is 2.84. The second kappa shape index (κ2) is 7.78. The molecule has 0 radical (unpaired) electrons. The van der Waals surface area contributed by atoms with Crippen LogP contribution in [0.5, 0.6) is 0 Å². The Morgan fingerprint density at radius 2 is 2.14 bits per heavy atom. The van der Waals surface area contributed by atoms with Gasteiger partial charge < -0.3 is 9.64 Å². The molecule has 1 aromatic carbocycles. The molecule has 1 atom stereocenters. The fourth-order valence-electron chi connectivity index (χ4n) is 1.73. The van der Waals surface area contributed by atoms with E-state index in [1.54, 1.807) is 14.0 Å². The van der Waals surface area contributed by atoms with Crippen molar-refractivity contribution in [1.82, 2.24) is 4.90 Å². The van der Waals surface area contributed by atoms with Crippen LogP contribution in [0.3, 0.4) is 0 Å². The van der Waals surface area contributed by atoms with Crippen LogP contribution >= 0.6 is 11.6 Å². The van der Waals surface area contributed by atoms with E-state index in [0.717, 1.165) is 0 Å². The van der Waals surface area contributed by atoms with E-state index in [-0.39, 0.29) is 23.0 Å². The number of likely N-dealkylation sites (N-methyl/N-ethyl adjacent to an activating group) is 1. The summed E-state index contributed by atoms with van der Waals surface area (Å²) < 4.78 is 18.1. The van der Waals surface area contributed by atoms with Gasteiger partial charge in [-0.05, 0) is 18.2 Å². The molecule has 21 heavy (non-hydrogen) atoms. The molecule has 0 heterocycles. The van der Waals surface area contributed by atoms with Crippen molar-refractivity contribution < 1.29 is 18.7 Å². The van der Waals surface area contributed by atoms with E-state index >= 15 is 0 Å². The molecule has 0 bridgehead atoms. The summed E-state index contributed by atoms with van der Waals surface area (Å²) >= 11 is 5.86. The largest absolute Gasteiger partial charge is 0.469 e. The normalized spacial score (nSPS) is 12.2. The molecule has 0 aliphatic rings. The Morgan fingerprint density at radius 3 is 2.71 bits per heavy atom. The molecule has 1 amide bonds. The van der Waals surface area contributed by atoms with E-state index < -0.39 is 17.7 Å². The number of hydrogen-bond acceptors (Lipinski definition) is 3. The zero-order valence-corrected chi connectivity index (χ0v) is 12.9. The summed E-state index contributed by atoms with van der Waals surface area (Å²) in [6, 6.07) is 4.29. The van der Waals surface area contributed by atoms with Crippen molar-refractivity contribution in [3.63, 3.8) is 0 Å². The van der Waals surface area contributed by atoms with Gasteiger partial charge >= 0.3 is 5.97 Å². The number of esters is 1. The van der Waals surface area contributed by atoms with Gasteiger partial charge in [0, 0.05) is 25.2 Å². The van der Waals surface area contributed by atoms with Crippen molar-refractivity contribution in [2.24, 2.45) is 5.92 Å². The van der Waals surface area contributed by atoms with Crippen LogP contribution in [-0.4, -0.2) is 37.5 Å². The van der Waals surface area contributed by atoms with Crippen molar-refractivity contribution in [1.29, 1.82) is 0 Å². The summed E-state index contributed by atoms with van der Waals surface area (Å²) in [5, 5.41) is 0.227. The first-order valence-corrected chi connectivity index (χ1v) is 6.69. The number of benzene rings is 1. The molecule has 0 saturated heterocycles. The van der Waals surface area contributed by atoms with Crippen molar-refractivity contribution >= 4 is 29.6 Å². The lowest BCUT2D eigenvalue weighted by molar-refractivity contribution is -0.145. The van der Waals surface area contributed by atoms with Gasteiger partial charge in [0.2, 0.25) is 5.91 Å². The van der Waals surface area contributed by atoms with E-state index in [9.17, 15) is 14.0 Å². The molecule has 114 valence electrons. The Labute approximate surface area is 128 Å². The molecule has 4 nitrogen and oxygen atoms in total. The van der Waals surface area contributed by atoms with Crippen LogP contribution in [0.15, 0.2) is 24.3 Å². The second-order valence-corrected chi connectivity index (χ2v) is 5.02. The minimum Gasteiger partial charge on any atom is -0.469 e. The molecule has 0 fully saturated rings. The Hall–Kier alpha value is -1.88. The molecule has 0 saturated carbocycles. The van der Waals surface area contributed by atoms with E-state index in [0.29, 0.717) is 0 Å². The molecular weight excluding hydrogens is 297 g/mol. The third-order valence-corrected chi connectivity index (χ3v) is 3.25. The zero-order chi connectivity index (χ0) is 16.0. The van der Waals surface area contributed by atoms with Gasteiger partial charge in [0.05, 0.1) is 18.1 Å². The minimum absolute atomic E-state index is 0.155. The van der Waals surface area contributed by atoms with Crippen LogP contribution in [-0.2, 0) is 14.3 Å². The fraction of sp³-hybridized carbons (Fsp3) is 0.333. The summed E-state index contributed by atoms with van der Waals surface area (Å²) in [6.45, 7) is 1.87. The predicted molar refractivity (Wildman–Crippen MR) is 79.3 cm³/mol. The van der Waals surface area contributed by atoms with E-state index in [4.69, 9.17) is 11.6 Å². The first-order chi connectivity index (χ1) is 9.86. The van der Waals surface area contributed by atoms with Gasteiger partial charge in [-0.1, -0.05) is 24.6 Å². The highest BCUT2D eigenvalue weighted by molar-refractivity contribution is 6.32. The number of nitrogens with zero attached hydrogens (tertiary/aromatic N) is 1. The predicted octanol–water partition coefficient (Wildman–Crippen LogP) is 2.76. The Balaban J connectivity index is 2.72. The number of carbonyl (C=O) groups is 2. The highest BCUT2D eigenvalue weighted by Gasteiger charge is 2.17. The average Bonchev–Trinajstić information content (AvgIpc) is 2.45. The lowest BCUT2D eigenvalue weighted by Crippen LogP contribution is -2.33. The van der Waals surface area contributed by atoms with Crippen LogP contribution in [0.2, 0.25) is 5.02 Å². The van der Waals surface area contributed by atoms with Crippen LogP contribution in [0, 0.1) is 11.7 Å². The standard InChI is InChI=1S/C15H17ClFNO3/c1-10(15(20)21-3)9-18(2)14(19)8-7-11-12(16)5-4-6-13(11)17/h4-8,10H,9H2,1-3H3. The minimum atomic E-state index is -0.503. The molecule has 1 aromatic rings. The maximum atomic E-state index is 13.5. The quantitative estimate of drug-likeness (QED) is 0.620. The van der Waals surface area contributed by atoms with Crippen LogP contribution < -0.4 is 0 Å². The van der Waals surface area contributed by atoms with Gasteiger partial charge in [-0.15, -0.1) is 0 Å². The fourth-order valence-corrected chi connectivity index (χ4v) is 1.95. The summed E-state index contributed by atoms with van der Waals surface area (Å²) in [5.41, 5.74) is 0.155. The number of carbonyl (C=O) groups excluding carboxylic acids is 2. The van der Waals surface area contributed by atoms with E-state index in [1.165, 1.54) is 42.4 Å². The third kappa shape index (κ3) is 4.86. The van der Waals surface area contributed by atoms with Gasteiger partial charge in [0.15, 0.2) is 0 Å². The lowest BCUT2D eigenvalue weighted by atomic mass is 10.1. The van der Waals surface area contributed by atoms with Gasteiger partial charge in [-0.3, -0.25) is 9.59 Å². The summed E-state index contributed by atoms with van der Waals surface area (Å²) in [5.74, 6) is -1.69. The maximum Gasteiger partial charge on any atom is 0.310 e. The molecule has 0 aliphatic carbocycles. The van der Waals surface area contributed by atoms with E-state index in [2.05, 4.69) is 4.74 Å². The summed E-state index contributed by atoms with van der Waals surface area (Å²) in [6.07, 6.45) is 2.54. The van der Waals surface area contributed by atoms with Crippen molar-refractivity contribution in [2.75, 3.05) is 20.7 Å². The van der Waals surface area contributed by atoms with Gasteiger partial charge in [-0.25, -0.2) is 4.39 Å². The highest BCUT2D eigenvalue weighted by Crippen LogP contribution is 2.20. The molecule has 0 aromatic heterocycles. The lowest BCUT2D eigenvalue weighted by Gasteiger charge is -2.18. The molecule has 1 unspecified atom stereocenters. The molecule has 0 aliphatic heterocycles. The van der Waals surface area contributed by atoms with Crippen LogP contribution in [0.25, 0.3) is 6.08 Å². The molecule has 1 rings (SSSR count). The van der Waals surface area contributed by atoms with E-state index in [1.807, 2.05) is 0 Å². The second-order valence-electron chi connectivity index (χ2n) is 4.61. The average molecular weight is 314 g/mol. The molecule has 0 spiro atoms. The first-order valence-electron chi connectivity index (χ1n) is 6.31. The first kappa shape index (κ1) is 17.2. The highest BCUT2D eigenvalue weighted by atomic mass is 35.5. The maximum absolute atomic E-state index is 13.5. The molecule has 0 N–H and O–H groups in total. The van der Waals surface area contributed by atoms with Crippen LogP contribution in [0.1, 0.15) is 12.5 Å². The van der Waals surface area contributed by atoms with Gasteiger partial charge in [-0.2, -0.15) is 0 Å². The van der Waals surface area contributed by atoms with Gasteiger partial charge in [0.25, 0.3) is 0 Å². The number of methoxy groups -OCH3 is 1. The Bertz CT molecular complexity index is 540. The number of halogens is 2. The van der Waals surface area contributed by atoms with Crippen molar-refractivity contribution in [2.45, 2.75) is 6.92 Å². The number of amides is 1. The molecule has 6 heteroatoms. The Morgan fingerprint density at radius 1 is 1.48 bits per heavy atom. The molecular formula is C15H17ClFNO3. The number of hydrogen-bond donors (Lipinski definition) is 0. The third-order valence-electron chi connectivity index (χ3n) is 2.92. The smallest absolute Gasteiger partial charge is 0.310 e. The monoisotopic (exact) mass is 313 g/mol.